The van der Waals surface area contributed by atoms with Crippen molar-refractivity contribution in [2.24, 2.45) is 0 Å². The van der Waals surface area contributed by atoms with Crippen LogP contribution in [0.3, 0.4) is 0 Å². The van der Waals surface area contributed by atoms with Crippen LogP contribution in [0.5, 0.6) is 0 Å². The number of nitrogens with zero attached hydrogens (tertiary/aromatic N) is 1. The van der Waals surface area contributed by atoms with E-state index in [1.165, 1.54) is 50.8 Å². The summed E-state index contributed by atoms with van der Waals surface area (Å²) in [6, 6.07) is 25.6. The number of carbonyl (C=O) groups excluding carboxylic acids is 1. The van der Waals surface area contributed by atoms with Gasteiger partial charge in [0.2, 0.25) is 5.91 Å². The number of hydrogen-bond acceptors (Lipinski definition) is 2. The van der Waals surface area contributed by atoms with Crippen LogP contribution in [0.4, 0.5) is 5.69 Å². The zero-order valence-electron chi connectivity index (χ0n) is 19.3. The zero-order valence-corrected chi connectivity index (χ0v) is 19.3. The second-order valence-electron chi connectivity index (χ2n) is 9.12. The van der Waals surface area contributed by atoms with Gasteiger partial charge in [0.15, 0.2) is 0 Å². The van der Waals surface area contributed by atoms with Crippen LogP contribution in [-0.2, 0) is 17.6 Å². The Balaban J connectivity index is 1.60. The minimum absolute atomic E-state index is 0.0728. The molecule has 0 unspecified atom stereocenters. The fourth-order valence-corrected chi connectivity index (χ4v) is 5.53. The fourth-order valence-electron chi connectivity index (χ4n) is 5.53. The molecule has 6 rings (SSSR count). The fraction of sp³-hybridized carbons (Fsp3) is 0.161. The predicted octanol–water partition coefficient (Wildman–Crippen LogP) is 5.25. The third kappa shape index (κ3) is 3.54. The Bertz CT molecular complexity index is 1560. The highest BCUT2D eigenvalue weighted by atomic mass is 16.1. The van der Waals surface area contributed by atoms with Gasteiger partial charge in [-0.1, -0.05) is 60.7 Å². The van der Waals surface area contributed by atoms with E-state index < -0.39 is 0 Å². The van der Waals surface area contributed by atoms with Crippen LogP contribution >= 0.6 is 0 Å². The first-order valence-corrected chi connectivity index (χ1v) is 12.0. The Hall–Kier alpha value is -3.98. The van der Waals surface area contributed by atoms with E-state index in [4.69, 9.17) is 4.98 Å². The summed E-state index contributed by atoms with van der Waals surface area (Å²) in [4.78, 5) is 16.4. The highest BCUT2D eigenvalue weighted by Crippen LogP contribution is 2.32. The summed E-state index contributed by atoms with van der Waals surface area (Å²) in [7, 11) is 0. The Morgan fingerprint density at radius 3 is 2.65 bits per heavy atom. The van der Waals surface area contributed by atoms with Crippen molar-refractivity contribution in [3.05, 3.63) is 106 Å². The van der Waals surface area contributed by atoms with Crippen molar-refractivity contribution >= 4 is 23.2 Å². The van der Waals surface area contributed by atoms with Crippen molar-refractivity contribution in [2.45, 2.75) is 32.6 Å². The van der Waals surface area contributed by atoms with Gasteiger partial charge in [0.25, 0.3) is 0 Å². The van der Waals surface area contributed by atoms with Gasteiger partial charge in [-0.15, -0.1) is 0 Å². The number of rotatable bonds is 3. The van der Waals surface area contributed by atoms with Crippen molar-refractivity contribution in [3.8, 4) is 22.4 Å². The number of pyridine rings is 1. The minimum atomic E-state index is -0.0728. The number of carbonyl (C=O) groups is 1. The summed E-state index contributed by atoms with van der Waals surface area (Å²) in [5, 5.41) is 5.66. The Kier molecular flexibility index (Phi) is 5.10. The molecule has 34 heavy (non-hydrogen) atoms. The van der Waals surface area contributed by atoms with Gasteiger partial charge in [-0.05, 0) is 82.1 Å². The van der Waals surface area contributed by atoms with Crippen LogP contribution in [0.2, 0.25) is 0 Å². The van der Waals surface area contributed by atoms with Gasteiger partial charge < -0.3 is 5.32 Å². The SMILES string of the molecule is CC(=O)Nc1cccc(-c2ncccc2C2=c3c(ccc4c3=CCc3ccccc3-4)CCC2)c1. The third-order valence-electron chi connectivity index (χ3n) is 6.93. The van der Waals surface area contributed by atoms with E-state index >= 15 is 0 Å². The van der Waals surface area contributed by atoms with Gasteiger partial charge in [-0.25, -0.2) is 0 Å². The normalized spacial score (nSPS) is 13.9. The molecular weight excluding hydrogens is 416 g/mol. The maximum absolute atomic E-state index is 11.6. The molecule has 0 spiro atoms. The molecule has 2 aliphatic carbocycles. The summed E-state index contributed by atoms with van der Waals surface area (Å²) in [5.41, 5.74) is 10.8. The van der Waals surface area contributed by atoms with E-state index in [0.717, 1.165) is 42.6 Å². The minimum Gasteiger partial charge on any atom is -0.326 e. The highest BCUT2D eigenvalue weighted by Gasteiger charge is 2.20. The van der Waals surface area contributed by atoms with Crippen molar-refractivity contribution in [1.29, 1.82) is 0 Å². The molecule has 2 aliphatic rings. The monoisotopic (exact) mass is 442 g/mol. The third-order valence-corrected chi connectivity index (χ3v) is 6.93. The van der Waals surface area contributed by atoms with Gasteiger partial charge in [-0.3, -0.25) is 9.78 Å². The number of hydrogen-bond donors (Lipinski definition) is 1. The largest absolute Gasteiger partial charge is 0.326 e. The second-order valence-corrected chi connectivity index (χ2v) is 9.12. The number of aryl methyl sites for hydroxylation is 1. The molecule has 0 fully saturated rings. The van der Waals surface area contributed by atoms with Gasteiger partial charge in [0, 0.05) is 29.9 Å². The maximum Gasteiger partial charge on any atom is 0.221 e. The number of nitrogens with one attached hydrogen (secondary N) is 1. The van der Waals surface area contributed by atoms with Crippen molar-refractivity contribution in [2.75, 3.05) is 5.32 Å². The molecule has 0 radical (unpaired) electrons. The molecule has 3 nitrogen and oxygen atoms in total. The predicted molar refractivity (Wildman–Crippen MR) is 139 cm³/mol. The molecule has 1 amide bonds. The Labute approximate surface area is 199 Å². The van der Waals surface area contributed by atoms with Gasteiger partial charge in [-0.2, -0.15) is 0 Å². The first-order chi connectivity index (χ1) is 16.7. The molecule has 1 heterocycles. The maximum atomic E-state index is 11.6. The molecule has 0 saturated heterocycles. The lowest BCUT2D eigenvalue weighted by molar-refractivity contribution is -0.114. The van der Waals surface area contributed by atoms with E-state index in [1.54, 1.807) is 0 Å². The number of anilines is 1. The summed E-state index contributed by atoms with van der Waals surface area (Å²) >= 11 is 0. The lowest BCUT2D eigenvalue weighted by atomic mass is 9.82. The average molecular weight is 443 g/mol. The van der Waals surface area contributed by atoms with Gasteiger partial charge in [0.1, 0.15) is 0 Å². The van der Waals surface area contributed by atoms with Crippen LogP contribution in [0, 0.1) is 0 Å². The van der Waals surface area contributed by atoms with Crippen LogP contribution < -0.4 is 15.8 Å². The molecule has 1 aromatic heterocycles. The van der Waals surface area contributed by atoms with E-state index in [0.29, 0.717) is 0 Å². The molecule has 0 atom stereocenters. The molecule has 3 heteroatoms. The summed E-state index contributed by atoms with van der Waals surface area (Å²) in [6.45, 7) is 1.53. The molecule has 0 bridgehead atoms. The zero-order chi connectivity index (χ0) is 23.1. The smallest absolute Gasteiger partial charge is 0.221 e. The van der Waals surface area contributed by atoms with Crippen LogP contribution in [0.15, 0.2) is 79.0 Å². The first kappa shape index (κ1) is 20.6. The highest BCUT2D eigenvalue weighted by molar-refractivity contribution is 5.90. The van der Waals surface area contributed by atoms with Crippen LogP contribution in [0.1, 0.15) is 36.5 Å². The standard InChI is InChI=1S/C31H26N2O/c1-20(34)33-24-10-4-9-23(19-24)31-29(13-6-18-32-31)27-12-5-8-22-15-16-26-25-11-3-2-7-21(25)14-17-28(26)30(22)27/h2-4,6-7,9-11,13,15-19H,5,8,12,14H2,1H3,(H,33,34). The molecular formula is C31H26N2O. The van der Waals surface area contributed by atoms with Gasteiger partial charge in [0.05, 0.1) is 5.69 Å². The molecule has 0 saturated carbocycles. The quantitative estimate of drug-likeness (QED) is 0.471. The average Bonchev–Trinajstić information content (AvgIpc) is 2.87. The van der Waals surface area contributed by atoms with E-state index in [1.807, 2.05) is 30.5 Å². The number of benzene rings is 3. The lowest BCUT2D eigenvalue weighted by Crippen LogP contribution is -2.36. The van der Waals surface area contributed by atoms with Crippen molar-refractivity contribution < 1.29 is 4.79 Å². The number of fused-ring (bicyclic) bond motifs is 5. The molecule has 0 aliphatic heterocycles. The van der Waals surface area contributed by atoms with Crippen LogP contribution in [0.25, 0.3) is 34.0 Å². The lowest BCUT2D eigenvalue weighted by Gasteiger charge is -2.22. The number of aromatic nitrogens is 1. The summed E-state index contributed by atoms with van der Waals surface area (Å²) in [5.74, 6) is -0.0728. The second kappa shape index (κ2) is 8.42. The molecule has 1 N–H and O–H groups in total. The van der Waals surface area contributed by atoms with Gasteiger partial charge >= 0.3 is 0 Å². The van der Waals surface area contributed by atoms with Crippen molar-refractivity contribution in [1.82, 2.24) is 4.98 Å². The molecule has 3 aromatic carbocycles. The topological polar surface area (TPSA) is 42.0 Å². The number of amides is 1. The molecule has 166 valence electrons. The molecule has 4 aromatic rings. The van der Waals surface area contributed by atoms with Crippen LogP contribution in [-0.4, -0.2) is 10.9 Å². The van der Waals surface area contributed by atoms with Crippen molar-refractivity contribution in [3.63, 3.8) is 0 Å². The Morgan fingerprint density at radius 1 is 0.853 bits per heavy atom. The van der Waals surface area contributed by atoms with E-state index in [-0.39, 0.29) is 5.91 Å². The summed E-state index contributed by atoms with van der Waals surface area (Å²) in [6.07, 6.45) is 8.51. The van der Waals surface area contributed by atoms with E-state index in [2.05, 4.69) is 59.9 Å². The summed E-state index contributed by atoms with van der Waals surface area (Å²) < 4.78 is 0. The first-order valence-electron chi connectivity index (χ1n) is 12.0. The Morgan fingerprint density at radius 2 is 1.74 bits per heavy atom. The van der Waals surface area contributed by atoms with E-state index in [9.17, 15) is 4.79 Å².